The van der Waals surface area contributed by atoms with Gasteiger partial charge in [-0.25, -0.2) is 8.78 Å². The average molecular weight is 341 g/mol. The van der Waals surface area contributed by atoms with E-state index in [-0.39, 0.29) is 12.1 Å². The molecular formula is C18H13F2N3O2. The number of carbonyl (C=O) groups is 2. The zero-order valence-corrected chi connectivity index (χ0v) is 12.9. The first-order valence-corrected chi connectivity index (χ1v) is 7.41. The molecule has 0 radical (unpaired) electrons. The SMILES string of the molecule is O=C(CNC(=O)c1ccc(F)c(F)c1)Nc1ccc2ncccc2c1. The van der Waals surface area contributed by atoms with Crippen LogP contribution in [-0.2, 0) is 4.79 Å². The quantitative estimate of drug-likeness (QED) is 0.766. The van der Waals surface area contributed by atoms with Crippen LogP contribution in [0.5, 0.6) is 0 Å². The lowest BCUT2D eigenvalue weighted by molar-refractivity contribution is -0.115. The van der Waals surface area contributed by atoms with Gasteiger partial charge in [0, 0.05) is 22.8 Å². The molecule has 0 aliphatic heterocycles. The summed E-state index contributed by atoms with van der Waals surface area (Å²) < 4.78 is 26.0. The van der Waals surface area contributed by atoms with E-state index in [1.807, 2.05) is 6.07 Å². The molecule has 7 heteroatoms. The Labute approximate surface area is 141 Å². The summed E-state index contributed by atoms with van der Waals surface area (Å²) >= 11 is 0. The van der Waals surface area contributed by atoms with Crippen LogP contribution in [0.25, 0.3) is 10.9 Å². The van der Waals surface area contributed by atoms with Crippen LogP contribution in [-0.4, -0.2) is 23.3 Å². The van der Waals surface area contributed by atoms with Gasteiger partial charge in [-0.05, 0) is 42.5 Å². The number of amides is 2. The summed E-state index contributed by atoms with van der Waals surface area (Å²) in [4.78, 5) is 28.0. The molecule has 0 atom stereocenters. The van der Waals surface area contributed by atoms with Crippen molar-refractivity contribution in [1.82, 2.24) is 10.3 Å². The Morgan fingerprint density at radius 2 is 1.84 bits per heavy atom. The average Bonchev–Trinajstić information content (AvgIpc) is 2.62. The molecule has 0 saturated carbocycles. The third-order valence-electron chi connectivity index (χ3n) is 3.48. The summed E-state index contributed by atoms with van der Waals surface area (Å²) in [5, 5.41) is 5.86. The molecule has 0 aliphatic carbocycles. The Morgan fingerprint density at radius 1 is 1.00 bits per heavy atom. The van der Waals surface area contributed by atoms with Crippen LogP contribution >= 0.6 is 0 Å². The van der Waals surface area contributed by atoms with Crippen LogP contribution in [0.2, 0.25) is 0 Å². The molecule has 1 aromatic heterocycles. The highest BCUT2D eigenvalue weighted by atomic mass is 19.2. The number of halogens is 2. The summed E-state index contributed by atoms with van der Waals surface area (Å²) in [6.07, 6.45) is 1.68. The van der Waals surface area contributed by atoms with Gasteiger partial charge in [0.1, 0.15) is 0 Å². The van der Waals surface area contributed by atoms with Crippen molar-refractivity contribution in [2.75, 3.05) is 11.9 Å². The second-order valence-corrected chi connectivity index (χ2v) is 5.27. The van der Waals surface area contributed by atoms with Gasteiger partial charge in [-0.1, -0.05) is 6.07 Å². The van der Waals surface area contributed by atoms with E-state index in [0.717, 1.165) is 29.1 Å². The van der Waals surface area contributed by atoms with E-state index in [4.69, 9.17) is 0 Å². The van der Waals surface area contributed by atoms with Crippen LogP contribution in [0, 0.1) is 11.6 Å². The molecule has 0 unspecified atom stereocenters. The first-order chi connectivity index (χ1) is 12.0. The van der Waals surface area contributed by atoms with E-state index in [1.165, 1.54) is 0 Å². The molecule has 1 heterocycles. The van der Waals surface area contributed by atoms with Gasteiger partial charge in [-0.2, -0.15) is 0 Å². The Balaban J connectivity index is 1.59. The van der Waals surface area contributed by atoms with Gasteiger partial charge in [-0.15, -0.1) is 0 Å². The number of nitrogens with one attached hydrogen (secondary N) is 2. The molecular weight excluding hydrogens is 328 g/mol. The number of hydrogen-bond donors (Lipinski definition) is 2. The third-order valence-corrected chi connectivity index (χ3v) is 3.48. The molecule has 5 nitrogen and oxygen atoms in total. The molecule has 0 aliphatic rings. The molecule has 3 aromatic rings. The highest BCUT2D eigenvalue weighted by Crippen LogP contribution is 2.16. The molecule has 2 amide bonds. The number of benzene rings is 2. The maximum atomic E-state index is 13.1. The van der Waals surface area contributed by atoms with Gasteiger partial charge in [0.15, 0.2) is 11.6 Å². The van der Waals surface area contributed by atoms with E-state index in [1.54, 1.807) is 30.5 Å². The summed E-state index contributed by atoms with van der Waals surface area (Å²) in [5.41, 5.74) is 1.29. The largest absolute Gasteiger partial charge is 0.343 e. The molecule has 126 valence electrons. The predicted molar refractivity (Wildman–Crippen MR) is 89.1 cm³/mol. The van der Waals surface area contributed by atoms with Crippen molar-refractivity contribution in [3.8, 4) is 0 Å². The van der Waals surface area contributed by atoms with Gasteiger partial charge in [0.2, 0.25) is 5.91 Å². The minimum atomic E-state index is -1.12. The summed E-state index contributed by atoms with van der Waals surface area (Å²) in [6.45, 7) is -0.303. The van der Waals surface area contributed by atoms with Crippen LogP contribution < -0.4 is 10.6 Å². The van der Waals surface area contributed by atoms with Crippen LogP contribution in [0.4, 0.5) is 14.5 Å². The maximum Gasteiger partial charge on any atom is 0.251 e. The molecule has 0 saturated heterocycles. The Morgan fingerprint density at radius 3 is 2.64 bits per heavy atom. The molecule has 0 fully saturated rings. The van der Waals surface area contributed by atoms with Crippen molar-refractivity contribution in [3.05, 3.63) is 71.9 Å². The van der Waals surface area contributed by atoms with Crippen molar-refractivity contribution in [2.45, 2.75) is 0 Å². The van der Waals surface area contributed by atoms with Crippen LogP contribution in [0.1, 0.15) is 10.4 Å². The number of aromatic nitrogens is 1. The van der Waals surface area contributed by atoms with Crippen molar-refractivity contribution in [1.29, 1.82) is 0 Å². The zero-order valence-electron chi connectivity index (χ0n) is 12.9. The summed E-state index contributed by atoms with van der Waals surface area (Å²) in [5.74, 6) is -3.28. The normalized spacial score (nSPS) is 10.5. The highest BCUT2D eigenvalue weighted by molar-refractivity contribution is 6.00. The fourth-order valence-corrected chi connectivity index (χ4v) is 2.26. The Bertz CT molecular complexity index is 960. The number of rotatable bonds is 4. The first kappa shape index (κ1) is 16.5. The monoisotopic (exact) mass is 341 g/mol. The molecule has 2 N–H and O–H groups in total. The van der Waals surface area contributed by atoms with Crippen molar-refractivity contribution < 1.29 is 18.4 Å². The molecule has 2 aromatic carbocycles. The number of fused-ring (bicyclic) bond motifs is 1. The predicted octanol–water partition coefficient (Wildman–Crippen LogP) is 2.88. The van der Waals surface area contributed by atoms with Crippen molar-refractivity contribution in [2.24, 2.45) is 0 Å². The maximum absolute atomic E-state index is 13.1. The van der Waals surface area contributed by atoms with E-state index in [0.29, 0.717) is 5.69 Å². The minimum absolute atomic E-state index is 0.0662. The fourth-order valence-electron chi connectivity index (χ4n) is 2.26. The second kappa shape index (κ2) is 7.04. The fraction of sp³-hybridized carbons (Fsp3) is 0.0556. The van der Waals surface area contributed by atoms with Gasteiger partial charge in [-0.3, -0.25) is 14.6 Å². The number of anilines is 1. The van der Waals surface area contributed by atoms with Gasteiger partial charge in [0.25, 0.3) is 5.91 Å². The first-order valence-electron chi connectivity index (χ1n) is 7.41. The van der Waals surface area contributed by atoms with E-state index in [9.17, 15) is 18.4 Å². The van der Waals surface area contributed by atoms with Crippen molar-refractivity contribution in [3.63, 3.8) is 0 Å². The van der Waals surface area contributed by atoms with Gasteiger partial charge < -0.3 is 10.6 Å². The smallest absolute Gasteiger partial charge is 0.251 e. The van der Waals surface area contributed by atoms with Crippen LogP contribution in [0.3, 0.4) is 0 Å². The van der Waals surface area contributed by atoms with Gasteiger partial charge >= 0.3 is 0 Å². The molecule has 0 bridgehead atoms. The van der Waals surface area contributed by atoms with Gasteiger partial charge in [0.05, 0.1) is 12.1 Å². The number of pyridine rings is 1. The number of nitrogens with zero attached hydrogens (tertiary/aromatic N) is 1. The topological polar surface area (TPSA) is 71.1 Å². The van der Waals surface area contributed by atoms with Crippen LogP contribution in [0.15, 0.2) is 54.7 Å². The standard InChI is InChI=1S/C18H13F2N3O2/c19-14-5-3-12(9-15(14)20)18(25)22-10-17(24)23-13-4-6-16-11(8-13)2-1-7-21-16/h1-9H,10H2,(H,22,25)(H,23,24). The molecule has 0 spiro atoms. The lowest BCUT2D eigenvalue weighted by Crippen LogP contribution is -2.32. The highest BCUT2D eigenvalue weighted by Gasteiger charge is 2.11. The van der Waals surface area contributed by atoms with Crippen molar-refractivity contribution >= 4 is 28.4 Å². The lowest BCUT2D eigenvalue weighted by Gasteiger charge is -2.08. The van der Waals surface area contributed by atoms with E-state index >= 15 is 0 Å². The Kier molecular flexibility index (Phi) is 4.65. The summed E-state index contributed by atoms with van der Waals surface area (Å²) in [6, 6.07) is 11.7. The van der Waals surface area contributed by atoms with E-state index < -0.39 is 23.4 Å². The minimum Gasteiger partial charge on any atom is -0.343 e. The number of carbonyl (C=O) groups excluding carboxylic acids is 2. The zero-order chi connectivity index (χ0) is 17.8. The van der Waals surface area contributed by atoms with E-state index in [2.05, 4.69) is 15.6 Å². The summed E-state index contributed by atoms with van der Waals surface area (Å²) in [7, 11) is 0. The number of hydrogen-bond acceptors (Lipinski definition) is 3. The molecule has 3 rings (SSSR count). The Hall–Kier alpha value is -3.35. The third kappa shape index (κ3) is 3.95. The lowest BCUT2D eigenvalue weighted by atomic mass is 10.2. The second-order valence-electron chi connectivity index (χ2n) is 5.27. The molecule has 25 heavy (non-hydrogen) atoms.